The molecule has 0 aromatic carbocycles. The van der Waals surface area contributed by atoms with E-state index in [1.54, 1.807) is 29.3 Å². The molecule has 1 saturated heterocycles. The van der Waals surface area contributed by atoms with Crippen molar-refractivity contribution in [2.75, 3.05) is 31.1 Å². The number of carbonyl (C=O) groups excluding carboxylic acids is 1. The maximum absolute atomic E-state index is 12.4. The summed E-state index contributed by atoms with van der Waals surface area (Å²) in [6.45, 7) is 2.41. The number of piperazine rings is 1. The van der Waals surface area contributed by atoms with E-state index in [2.05, 4.69) is 9.97 Å². The lowest BCUT2D eigenvalue weighted by atomic mass is 10.2. The van der Waals surface area contributed by atoms with Crippen LogP contribution in [0.1, 0.15) is 10.5 Å². The zero-order valence-electron chi connectivity index (χ0n) is 12.0. The van der Waals surface area contributed by atoms with Gasteiger partial charge in [-0.05, 0) is 18.2 Å². The van der Waals surface area contributed by atoms with E-state index in [1.165, 1.54) is 6.20 Å². The molecule has 1 fully saturated rings. The van der Waals surface area contributed by atoms with Gasteiger partial charge in [0.05, 0.1) is 10.0 Å². The summed E-state index contributed by atoms with van der Waals surface area (Å²) < 4.78 is 0. The molecule has 23 heavy (non-hydrogen) atoms. The molecule has 2 aromatic heterocycles. The molecule has 0 unspecified atom stereocenters. The number of pyridine rings is 2. The Labute approximate surface area is 148 Å². The lowest BCUT2D eigenvalue weighted by Crippen LogP contribution is -2.49. The third-order valence-electron chi connectivity index (χ3n) is 3.60. The van der Waals surface area contributed by atoms with E-state index < -0.39 is 0 Å². The number of rotatable bonds is 2. The van der Waals surface area contributed by atoms with Crippen molar-refractivity contribution >= 4 is 46.5 Å². The lowest BCUT2D eigenvalue weighted by molar-refractivity contribution is 0.0740. The van der Waals surface area contributed by atoms with Crippen LogP contribution in [0.15, 0.2) is 30.6 Å². The predicted molar refractivity (Wildman–Crippen MR) is 91.6 cm³/mol. The molecule has 3 heterocycles. The molecule has 0 aliphatic carbocycles. The van der Waals surface area contributed by atoms with Crippen LogP contribution in [0, 0.1) is 0 Å². The van der Waals surface area contributed by atoms with Crippen molar-refractivity contribution in [3.63, 3.8) is 0 Å². The second-order valence-electron chi connectivity index (χ2n) is 5.10. The molecule has 0 N–H and O–H groups in total. The molecule has 0 bridgehead atoms. The quantitative estimate of drug-likeness (QED) is 0.812. The van der Waals surface area contributed by atoms with E-state index in [9.17, 15) is 4.79 Å². The lowest BCUT2D eigenvalue weighted by Gasteiger charge is -2.35. The first-order valence-electron chi connectivity index (χ1n) is 7.01. The zero-order chi connectivity index (χ0) is 16.4. The van der Waals surface area contributed by atoms with Crippen LogP contribution in [0.5, 0.6) is 0 Å². The largest absolute Gasteiger partial charge is 0.352 e. The fraction of sp³-hybridized carbons (Fsp3) is 0.267. The van der Waals surface area contributed by atoms with Crippen LogP contribution in [0.4, 0.5) is 5.82 Å². The van der Waals surface area contributed by atoms with Crippen LogP contribution in [0.25, 0.3) is 0 Å². The summed E-state index contributed by atoms with van der Waals surface area (Å²) in [7, 11) is 0. The van der Waals surface area contributed by atoms with Gasteiger partial charge in [-0.2, -0.15) is 0 Å². The first-order chi connectivity index (χ1) is 11.0. The van der Waals surface area contributed by atoms with Gasteiger partial charge >= 0.3 is 0 Å². The van der Waals surface area contributed by atoms with Gasteiger partial charge in [0.15, 0.2) is 0 Å². The average molecular weight is 372 g/mol. The molecule has 8 heteroatoms. The summed E-state index contributed by atoms with van der Waals surface area (Å²) in [4.78, 5) is 24.6. The Balaban J connectivity index is 1.67. The maximum atomic E-state index is 12.4. The minimum absolute atomic E-state index is 0.123. The van der Waals surface area contributed by atoms with Gasteiger partial charge in [-0.25, -0.2) is 4.98 Å². The van der Waals surface area contributed by atoms with E-state index in [0.717, 1.165) is 0 Å². The molecule has 0 atom stereocenters. The van der Waals surface area contributed by atoms with Crippen molar-refractivity contribution in [3.8, 4) is 0 Å². The van der Waals surface area contributed by atoms with Gasteiger partial charge in [-0.15, -0.1) is 0 Å². The zero-order valence-corrected chi connectivity index (χ0v) is 14.3. The van der Waals surface area contributed by atoms with Gasteiger partial charge in [-0.1, -0.05) is 34.8 Å². The molecule has 3 rings (SSSR count). The van der Waals surface area contributed by atoms with Gasteiger partial charge in [0, 0.05) is 43.6 Å². The number of carbonyl (C=O) groups is 1. The number of amides is 1. The van der Waals surface area contributed by atoms with Gasteiger partial charge in [0.1, 0.15) is 11.5 Å². The van der Waals surface area contributed by atoms with E-state index >= 15 is 0 Å². The van der Waals surface area contributed by atoms with Gasteiger partial charge in [0.25, 0.3) is 5.91 Å². The highest BCUT2D eigenvalue weighted by molar-refractivity contribution is 6.36. The van der Waals surface area contributed by atoms with E-state index in [-0.39, 0.29) is 5.91 Å². The predicted octanol–water partition coefficient (Wildman–Crippen LogP) is 3.40. The van der Waals surface area contributed by atoms with E-state index in [1.807, 2.05) is 4.90 Å². The van der Waals surface area contributed by atoms with Crippen molar-refractivity contribution in [1.82, 2.24) is 14.9 Å². The standard InChI is InChI=1S/C15H13Cl3N4O/c16-10-1-2-19-13(8-10)15(23)22-5-3-21(4-6-22)14-12(18)7-11(17)9-20-14/h1-2,7-9H,3-6H2. The molecule has 120 valence electrons. The highest BCUT2D eigenvalue weighted by Gasteiger charge is 2.24. The Hall–Kier alpha value is -1.56. The molecule has 0 saturated carbocycles. The average Bonchev–Trinajstić information content (AvgIpc) is 2.54. The topological polar surface area (TPSA) is 49.3 Å². The molecular weight excluding hydrogens is 359 g/mol. The van der Waals surface area contributed by atoms with Crippen LogP contribution in [-0.2, 0) is 0 Å². The molecule has 0 spiro atoms. The Morgan fingerprint density at radius 3 is 2.39 bits per heavy atom. The number of halogens is 3. The molecule has 0 radical (unpaired) electrons. The summed E-state index contributed by atoms with van der Waals surface area (Å²) in [5.41, 5.74) is 0.355. The molecule has 1 amide bonds. The normalized spacial score (nSPS) is 14.9. The fourth-order valence-electron chi connectivity index (χ4n) is 2.45. The Bertz CT molecular complexity index is 732. The molecule has 1 aliphatic rings. The first-order valence-corrected chi connectivity index (χ1v) is 8.15. The third-order valence-corrected chi connectivity index (χ3v) is 4.32. The van der Waals surface area contributed by atoms with Gasteiger partial charge < -0.3 is 9.80 Å². The van der Waals surface area contributed by atoms with Crippen molar-refractivity contribution in [2.24, 2.45) is 0 Å². The highest BCUT2D eigenvalue weighted by Crippen LogP contribution is 2.27. The Morgan fingerprint density at radius 1 is 1.00 bits per heavy atom. The minimum Gasteiger partial charge on any atom is -0.352 e. The number of hydrogen-bond acceptors (Lipinski definition) is 4. The summed E-state index contributed by atoms with van der Waals surface area (Å²) >= 11 is 18.0. The fourth-order valence-corrected chi connectivity index (χ4v) is 3.10. The number of anilines is 1. The van der Waals surface area contributed by atoms with Crippen molar-refractivity contribution < 1.29 is 4.79 Å². The van der Waals surface area contributed by atoms with Crippen LogP contribution < -0.4 is 4.90 Å². The molecule has 1 aliphatic heterocycles. The first kappa shape index (κ1) is 16.3. The summed E-state index contributed by atoms with van der Waals surface area (Å²) in [6.07, 6.45) is 3.10. The SMILES string of the molecule is O=C(c1cc(Cl)ccn1)N1CCN(c2ncc(Cl)cc2Cl)CC1. The van der Waals surface area contributed by atoms with Gasteiger partial charge in [0.2, 0.25) is 0 Å². The van der Waals surface area contributed by atoms with Crippen molar-refractivity contribution in [3.05, 3.63) is 51.4 Å². The maximum Gasteiger partial charge on any atom is 0.272 e. The van der Waals surface area contributed by atoms with Gasteiger partial charge in [-0.3, -0.25) is 9.78 Å². The highest BCUT2D eigenvalue weighted by atomic mass is 35.5. The molecule has 5 nitrogen and oxygen atoms in total. The monoisotopic (exact) mass is 370 g/mol. The number of aromatic nitrogens is 2. The summed E-state index contributed by atoms with van der Waals surface area (Å²) in [6, 6.07) is 4.89. The van der Waals surface area contributed by atoms with Crippen LogP contribution in [0.3, 0.4) is 0 Å². The van der Waals surface area contributed by atoms with Crippen LogP contribution in [0.2, 0.25) is 15.1 Å². The smallest absolute Gasteiger partial charge is 0.272 e. The van der Waals surface area contributed by atoms with Crippen LogP contribution in [-0.4, -0.2) is 47.0 Å². The molecular formula is C15H13Cl3N4O. The van der Waals surface area contributed by atoms with Crippen LogP contribution >= 0.6 is 34.8 Å². The molecule has 2 aromatic rings. The second kappa shape index (κ2) is 6.91. The Kier molecular flexibility index (Phi) is 4.90. The van der Waals surface area contributed by atoms with E-state index in [4.69, 9.17) is 34.8 Å². The Morgan fingerprint density at radius 2 is 1.74 bits per heavy atom. The van der Waals surface area contributed by atoms with Crippen molar-refractivity contribution in [2.45, 2.75) is 0 Å². The summed E-state index contributed by atoms with van der Waals surface area (Å²) in [5, 5.41) is 1.51. The minimum atomic E-state index is -0.123. The number of nitrogens with zero attached hydrogens (tertiary/aromatic N) is 4. The summed E-state index contributed by atoms with van der Waals surface area (Å²) in [5.74, 6) is 0.561. The number of hydrogen-bond donors (Lipinski definition) is 0. The van der Waals surface area contributed by atoms with Crippen molar-refractivity contribution in [1.29, 1.82) is 0 Å². The van der Waals surface area contributed by atoms with E-state index in [0.29, 0.717) is 52.8 Å². The third kappa shape index (κ3) is 3.68. The second-order valence-corrected chi connectivity index (χ2v) is 6.38.